The van der Waals surface area contributed by atoms with Crippen molar-refractivity contribution in [3.63, 3.8) is 0 Å². The maximum atomic E-state index is 11.1. The maximum absolute atomic E-state index is 11.1. The largest absolute Gasteiger partial charge is 0.497 e. The van der Waals surface area contributed by atoms with E-state index >= 15 is 0 Å². The van der Waals surface area contributed by atoms with Crippen LogP contribution in [0.3, 0.4) is 0 Å². The van der Waals surface area contributed by atoms with Gasteiger partial charge in [0.15, 0.2) is 5.16 Å². The molecule has 0 spiro atoms. The summed E-state index contributed by atoms with van der Waals surface area (Å²) < 4.78 is 5.37. The second-order valence-electron chi connectivity index (χ2n) is 10.2. The van der Waals surface area contributed by atoms with Crippen molar-refractivity contribution in [2.45, 2.75) is 49.8 Å². The van der Waals surface area contributed by atoms with Gasteiger partial charge in [0.25, 0.3) is 0 Å². The minimum atomic E-state index is -0.679. The first kappa shape index (κ1) is 27.7. The van der Waals surface area contributed by atoms with E-state index < -0.39 is 5.97 Å². The molecule has 1 N–H and O–H groups in total. The average Bonchev–Trinajstić information content (AvgIpc) is 3.53. The van der Waals surface area contributed by atoms with Crippen LogP contribution in [0.4, 0.5) is 0 Å². The Kier molecular flexibility index (Phi) is 8.64. The van der Waals surface area contributed by atoms with Crippen LogP contribution in [0.2, 0.25) is 0 Å². The van der Waals surface area contributed by atoms with E-state index in [9.17, 15) is 4.79 Å². The van der Waals surface area contributed by atoms with Gasteiger partial charge in [0.2, 0.25) is 0 Å². The number of carboxylic acid groups (broad SMARTS) is 1. The van der Waals surface area contributed by atoms with Crippen LogP contribution in [-0.2, 0) is 16.3 Å². The van der Waals surface area contributed by atoms with Crippen molar-refractivity contribution in [3.8, 4) is 26.6 Å². The lowest BCUT2D eigenvalue weighted by Crippen LogP contribution is -2.11. The lowest BCUT2D eigenvalue weighted by Gasteiger charge is -2.11. The van der Waals surface area contributed by atoms with Crippen LogP contribution in [0.1, 0.15) is 41.8 Å². The quantitative estimate of drug-likeness (QED) is 0.134. The van der Waals surface area contributed by atoms with Gasteiger partial charge in [-0.3, -0.25) is 4.79 Å². The van der Waals surface area contributed by atoms with Crippen LogP contribution in [0.25, 0.3) is 20.9 Å². The number of benzene rings is 2. The highest BCUT2D eigenvalue weighted by atomic mass is 32.2. The second kappa shape index (κ2) is 12.1. The molecule has 39 heavy (non-hydrogen) atoms. The molecule has 0 aliphatic heterocycles. The van der Waals surface area contributed by atoms with Crippen molar-refractivity contribution in [3.05, 3.63) is 83.2 Å². The normalized spacial score (nSPS) is 13.8. The fourth-order valence-electron chi connectivity index (χ4n) is 4.59. The molecule has 0 radical (unpaired) electrons. The van der Waals surface area contributed by atoms with Crippen molar-refractivity contribution < 1.29 is 14.6 Å². The van der Waals surface area contributed by atoms with E-state index in [1.165, 1.54) is 32.0 Å². The highest BCUT2D eigenvalue weighted by Crippen LogP contribution is 2.51. The first-order valence-electron chi connectivity index (χ1n) is 12.9. The topological polar surface area (TPSA) is 72.3 Å². The molecule has 0 unspecified atom stereocenters. The molecule has 0 amide bonds. The van der Waals surface area contributed by atoms with E-state index in [1.54, 1.807) is 30.2 Å². The summed E-state index contributed by atoms with van der Waals surface area (Å²) in [7, 11) is 1.69. The molecule has 2 aromatic carbocycles. The summed E-state index contributed by atoms with van der Waals surface area (Å²) in [4.78, 5) is 22.8. The Morgan fingerprint density at radius 3 is 2.26 bits per heavy atom. The number of thioether (sulfide) groups is 2. The number of carbonyl (C=O) groups is 1. The summed E-state index contributed by atoms with van der Waals surface area (Å²) in [5.74, 6) is 2.78. The molecule has 2 heterocycles. The predicted octanol–water partition coefficient (Wildman–Crippen LogP) is 8.28. The fourth-order valence-corrected chi connectivity index (χ4v) is 8.15. The summed E-state index contributed by atoms with van der Waals surface area (Å²) in [5, 5.41) is 9.96. The van der Waals surface area contributed by atoms with Gasteiger partial charge in [-0.1, -0.05) is 36.0 Å². The number of ether oxygens (including phenoxy) is 1. The summed E-state index contributed by atoms with van der Waals surface area (Å²) >= 11 is 5.32. The fraction of sp³-hybridized carbons (Fsp3) is 0.323. The Morgan fingerprint density at radius 1 is 0.974 bits per heavy atom. The van der Waals surface area contributed by atoms with E-state index in [-0.39, 0.29) is 5.41 Å². The van der Waals surface area contributed by atoms with E-state index in [4.69, 9.17) is 9.84 Å². The lowest BCUT2D eigenvalue weighted by molar-refractivity contribution is -0.138. The van der Waals surface area contributed by atoms with Crippen LogP contribution in [0.15, 0.2) is 65.8 Å². The minimum absolute atomic E-state index is 0.0296. The molecule has 1 aliphatic carbocycles. The first-order chi connectivity index (χ1) is 18.8. The molecule has 202 valence electrons. The maximum Gasteiger partial charge on any atom is 0.303 e. The second-order valence-corrected chi connectivity index (χ2v) is 13.2. The van der Waals surface area contributed by atoms with Gasteiger partial charge in [-0.25, -0.2) is 9.97 Å². The average molecular weight is 577 g/mol. The molecule has 5 rings (SSSR count). The Morgan fingerprint density at radius 2 is 1.64 bits per heavy atom. The molecule has 1 aliphatic rings. The summed E-state index contributed by atoms with van der Waals surface area (Å²) in [6.07, 6.45) is 2.37. The van der Waals surface area contributed by atoms with Crippen molar-refractivity contribution in [2.75, 3.05) is 12.9 Å². The number of aryl methyl sites for hydroxylation is 2. The Bertz CT molecular complexity index is 1420. The number of aliphatic carboxylic acids is 1. The molecular weight excluding hydrogens is 545 g/mol. The zero-order valence-corrected chi connectivity index (χ0v) is 24.8. The van der Waals surface area contributed by atoms with Gasteiger partial charge in [-0.2, -0.15) is 11.8 Å². The molecule has 0 atom stereocenters. The highest BCUT2D eigenvalue weighted by molar-refractivity contribution is 7.98. The van der Waals surface area contributed by atoms with E-state index in [0.29, 0.717) is 6.42 Å². The minimum Gasteiger partial charge on any atom is -0.497 e. The van der Waals surface area contributed by atoms with Gasteiger partial charge in [0, 0.05) is 32.6 Å². The molecule has 0 saturated heterocycles. The SMILES string of the molecule is COc1ccc(-c2sc(-c3ccc(CSCC4(CC(=O)O)CC4)cc3)cc2CSc2nc(C)cc(C)n2)cc1. The summed E-state index contributed by atoms with van der Waals surface area (Å²) in [6.45, 7) is 4.01. The van der Waals surface area contributed by atoms with Crippen LogP contribution in [0, 0.1) is 19.3 Å². The third kappa shape index (κ3) is 7.24. The van der Waals surface area contributed by atoms with Crippen LogP contribution in [-0.4, -0.2) is 33.9 Å². The monoisotopic (exact) mass is 576 g/mol. The number of hydrogen-bond acceptors (Lipinski definition) is 7. The molecule has 4 aromatic rings. The van der Waals surface area contributed by atoms with Gasteiger partial charge in [0.05, 0.1) is 13.5 Å². The highest BCUT2D eigenvalue weighted by Gasteiger charge is 2.44. The number of hydrogen-bond donors (Lipinski definition) is 1. The van der Waals surface area contributed by atoms with Crippen LogP contribution >= 0.6 is 34.9 Å². The number of methoxy groups -OCH3 is 1. The number of thiophene rings is 1. The molecule has 1 fully saturated rings. The Hall–Kier alpha value is -2.81. The van der Waals surface area contributed by atoms with E-state index in [2.05, 4.69) is 52.4 Å². The van der Waals surface area contributed by atoms with E-state index in [1.807, 2.05) is 43.8 Å². The zero-order valence-electron chi connectivity index (χ0n) is 22.4. The third-order valence-corrected chi connectivity index (χ3v) is 10.4. The molecule has 2 aromatic heterocycles. The van der Waals surface area contributed by atoms with Crippen molar-refractivity contribution in [2.24, 2.45) is 5.41 Å². The van der Waals surface area contributed by atoms with Crippen molar-refractivity contribution in [1.82, 2.24) is 9.97 Å². The number of nitrogens with zero attached hydrogens (tertiary/aromatic N) is 2. The standard InChI is InChI=1S/C31H32N2O3S3/c1-20-14-21(2)33-30(32-20)38-18-25-15-27(39-29(25)24-8-10-26(36-3)11-9-24)23-6-4-22(5-7-23)17-37-19-31(12-13-31)16-28(34)35/h4-11,14-15H,12-13,16-19H2,1-3H3,(H,34,35). The Balaban J connectivity index is 1.32. The predicted molar refractivity (Wildman–Crippen MR) is 163 cm³/mol. The molecule has 8 heteroatoms. The first-order valence-corrected chi connectivity index (χ1v) is 15.9. The Labute approximate surface area is 242 Å². The zero-order chi connectivity index (χ0) is 27.4. The number of carboxylic acids is 1. The summed E-state index contributed by atoms with van der Waals surface area (Å²) in [6, 6.07) is 21.3. The smallest absolute Gasteiger partial charge is 0.303 e. The third-order valence-electron chi connectivity index (χ3n) is 6.88. The number of rotatable bonds is 12. The lowest BCUT2D eigenvalue weighted by atomic mass is 10.1. The molecular formula is C31H32N2O3S3. The van der Waals surface area contributed by atoms with E-state index in [0.717, 1.165) is 52.4 Å². The van der Waals surface area contributed by atoms with Crippen LogP contribution in [0.5, 0.6) is 5.75 Å². The van der Waals surface area contributed by atoms with Gasteiger partial charge in [0.1, 0.15) is 5.75 Å². The van der Waals surface area contributed by atoms with Crippen LogP contribution < -0.4 is 4.74 Å². The van der Waals surface area contributed by atoms with Crippen molar-refractivity contribution >= 4 is 40.8 Å². The molecule has 1 saturated carbocycles. The number of aromatic nitrogens is 2. The van der Waals surface area contributed by atoms with Gasteiger partial charge in [-0.15, -0.1) is 11.3 Å². The van der Waals surface area contributed by atoms with Gasteiger partial charge < -0.3 is 9.84 Å². The van der Waals surface area contributed by atoms with Crippen molar-refractivity contribution in [1.29, 1.82) is 0 Å². The molecule has 0 bridgehead atoms. The van der Waals surface area contributed by atoms with Gasteiger partial charge >= 0.3 is 5.97 Å². The summed E-state index contributed by atoms with van der Waals surface area (Å²) in [5.41, 5.74) is 6.91. The van der Waals surface area contributed by atoms with Gasteiger partial charge in [-0.05, 0) is 96.5 Å². The molecule has 5 nitrogen and oxygen atoms in total.